The van der Waals surface area contributed by atoms with E-state index in [-0.39, 0.29) is 5.91 Å². The van der Waals surface area contributed by atoms with Gasteiger partial charge in [0.2, 0.25) is 15.9 Å². The Labute approximate surface area is 96.6 Å². The number of nitrogens with zero attached hydrogens (tertiary/aromatic N) is 1. The third-order valence-corrected chi connectivity index (χ3v) is 3.87. The second-order valence-electron chi connectivity index (χ2n) is 3.90. The molecule has 0 aromatic rings. The van der Waals surface area contributed by atoms with Crippen LogP contribution < -0.4 is 5.32 Å². The molecule has 0 saturated carbocycles. The van der Waals surface area contributed by atoms with Gasteiger partial charge in [-0.2, -0.15) is 4.31 Å². The third-order valence-electron chi connectivity index (χ3n) is 2.58. The number of hydrogen-bond donors (Lipinski definition) is 1. The first kappa shape index (κ1) is 13.2. The normalized spacial score (nSPS) is 21.9. The molecule has 16 heavy (non-hydrogen) atoms. The summed E-state index contributed by atoms with van der Waals surface area (Å²) in [6.45, 7) is 4.50. The van der Waals surface area contributed by atoms with E-state index in [0.29, 0.717) is 25.9 Å². The zero-order valence-corrected chi connectivity index (χ0v) is 10.3. The fourth-order valence-electron chi connectivity index (χ4n) is 1.81. The van der Waals surface area contributed by atoms with Gasteiger partial charge in [-0.3, -0.25) is 4.79 Å². The van der Waals surface area contributed by atoms with Gasteiger partial charge in [0.1, 0.15) is 6.04 Å². The van der Waals surface area contributed by atoms with Crippen LogP contribution in [0.1, 0.15) is 19.3 Å². The molecule has 0 radical (unpaired) electrons. The molecule has 0 aromatic carbocycles. The van der Waals surface area contributed by atoms with Crippen LogP contribution in [0.15, 0.2) is 12.7 Å². The van der Waals surface area contributed by atoms with Crippen LogP contribution in [0.3, 0.4) is 0 Å². The fraction of sp³-hybridized carbons (Fsp3) is 0.700. The van der Waals surface area contributed by atoms with Crippen molar-refractivity contribution >= 4 is 15.9 Å². The summed E-state index contributed by atoms with van der Waals surface area (Å²) < 4.78 is 24.1. The minimum Gasteiger partial charge on any atom is -0.354 e. The second-order valence-corrected chi connectivity index (χ2v) is 5.84. The van der Waals surface area contributed by atoms with E-state index < -0.39 is 16.1 Å². The van der Waals surface area contributed by atoms with Crippen LogP contribution in [0.4, 0.5) is 0 Å². The Balaban J connectivity index is 2.58. The van der Waals surface area contributed by atoms with Crippen LogP contribution in [0.5, 0.6) is 0 Å². The summed E-state index contributed by atoms with van der Waals surface area (Å²) in [5.74, 6) is -0.204. The molecular weight excluding hydrogens is 228 g/mol. The summed E-state index contributed by atoms with van der Waals surface area (Å²) >= 11 is 0. The highest BCUT2D eigenvalue weighted by molar-refractivity contribution is 7.88. The molecule has 0 bridgehead atoms. The van der Waals surface area contributed by atoms with Crippen molar-refractivity contribution in [1.29, 1.82) is 0 Å². The van der Waals surface area contributed by atoms with Gasteiger partial charge >= 0.3 is 0 Å². The van der Waals surface area contributed by atoms with Gasteiger partial charge in [0, 0.05) is 13.1 Å². The second kappa shape index (κ2) is 5.45. The van der Waals surface area contributed by atoms with E-state index in [9.17, 15) is 13.2 Å². The Morgan fingerprint density at radius 1 is 1.62 bits per heavy atom. The molecule has 92 valence electrons. The van der Waals surface area contributed by atoms with Crippen molar-refractivity contribution in [2.75, 3.05) is 19.3 Å². The molecular formula is C10H18N2O3S. The summed E-state index contributed by atoms with van der Waals surface area (Å²) in [6.07, 6.45) is 4.89. The van der Waals surface area contributed by atoms with Crippen LogP contribution in [-0.2, 0) is 14.8 Å². The van der Waals surface area contributed by atoms with Gasteiger partial charge in [-0.05, 0) is 19.3 Å². The minimum atomic E-state index is -3.27. The van der Waals surface area contributed by atoms with E-state index in [1.807, 2.05) is 0 Å². The number of amides is 1. The first-order valence-corrected chi connectivity index (χ1v) is 7.17. The average Bonchev–Trinajstić information content (AvgIpc) is 2.65. The van der Waals surface area contributed by atoms with Gasteiger partial charge in [0.05, 0.1) is 6.26 Å². The molecule has 1 aliphatic heterocycles. The van der Waals surface area contributed by atoms with Crippen molar-refractivity contribution in [3.8, 4) is 0 Å². The predicted molar refractivity (Wildman–Crippen MR) is 62.4 cm³/mol. The summed E-state index contributed by atoms with van der Waals surface area (Å²) in [7, 11) is -3.27. The Kier molecular flexibility index (Phi) is 4.49. The molecule has 1 heterocycles. The molecule has 1 atom stereocenters. The highest BCUT2D eigenvalue weighted by Crippen LogP contribution is 2.20. The smallest absolute Gasteiger partial charge is 0.238 e. The van der Waals surface area contributed by atoms with Gasteiger partial charge in [-0.1, -0.05) is 6.08 Å². The van der Waals surface area contributed by atoms with Crippen molar-refractivity contribution in [2.45, 2.75) is 25.3 Å². The summed E-state index contributed by atoms with van der Waals surface area (Å²) in [6, 6.07) is -0.528. The molecule has 1 saturated heterocycles. The van der Waals surface area contributed by atoms with Gasteiger partial charge in [-0.25, -0.2) is 8.42 Å². The molecule has 0 aliphatic carbocycles. The molecule has 1 fully saturated rings. The maximum absolute atomic E-state index is 11.7. The van der Waals surface area contributed by atoms with Gasteiger partial charge < -0.3 is 5.32 Å². The van der Waals surface area contributed by atoms with Crippen molar-refractivity contribution in [3.05, 3.63) is 12.7 Å². The lowest BCUT2D eigenvalue weighted by atomic mass is 10.2. The lowest BCUT2D eigenvalue weighted by molar-refractivity contribution is -0.124. The zero-order chi connectivity index (χ0) is 12.2. The standard InChI is InChI=1S/C10H18N2O3S/c1-3-4-7-11-10(13)9-6-5-8-12(9)16(2,14)15/h3,9H,1,4-8H2,2H3,(H,11,13). The molecule has 0 spiro atoms. The topological polar surface area (TPSA) is 66.5 Å². The maximum Gasteiger partial charge on any atom is 0.238 e. The Morgan fingerprint density at radius 3 is 2.88 bits per heavy atom. The number of nitrogens with one attached hydrogen (secondary N) is 1. The van der Waals surface area contributed by atoms with E-state index in [2.05, 4.69) is 11.9 Å². The minimum absolute atomic E-state index is 0.204. The predicted octanol–water partition coefficient (Wildman–Crippen LogP) is 0.103. The SMILES string of the molecule is C=CCCNC(=O)C1CCCN1S(C)(=O)=O. The van der Waals surface area contributed by atoms with Crippen LogP contribution in [0, 0.1) is 0 Å². The van der Waals surface area contributed by atoms with Crippen LogP contribution in [0.2, 0.25) is 0 Å². The van der Waals surface area contributed by atoms with Gasteiger partial charge in [-0.15, -0.1) is 6.58 Å². The van der Waals surface area contributed by atoms with E-state index in [1.165, 1.54) is 4.31 Å². The molecule has 5 nitrogen and oxygen atoms in total. The van der Waals surface area contributed by atoms with Crippen molar-refractivity contribution in [1.82, 2.24) is 9.62 Å². The Morgan fingerprint density at radius 2 is 2.31 bits per heavy atom. The number of hydrogen-bond acceptors (Lipinski definition) is 3. The molecule has 0 aromatic heterocycles. The lowest BCUT2D eigenvalue weighted by Gasteiger charge is -2.21. The fourth-order valence-corrected chi connectivity index (χ4v) is 2.94. The molecule has 1 aliphatic rings. The maximum atomic E-state index is 11.7. The summed E-state index contributed by atoms with van der Waals surface area (Å²) in [4.78, 5) is 11.7. The number of sulfonamides is 1. The average molecular weight is 246 g/mol. The van der Waals surface area contributed by atoms with Crippen LogP contribution in [-0.4, -0.2) is 44.0 Å². The number of carbonyl (C=O) groups excluding carboxylic acids is 1. The zero-order valence-electron chi connectivity index (χ0n) is 9.48. The van der Waals surface area contributed by atoms with Crippen molar-refractivity contribution < 1.29 is 13.2 Å². The van der Waals surface area contributed by atoms with E-state index in [1.54, 1.807) is 6.08 Å². The molecule has 1 rings (SSSR count). The van der Waals surface area contributed by atoms with Gasteiger partial charge in [0.15, 0.2) is 0 Å². The Bertz CT molecular complexity index is 364. The van der Waals surface area contributed by atoms with Crippen LogP contribution >= 0.6 is 0 Å². The highest BCUT2D eigenvalue weighted by atomic mass is 32.2. The van der Waals surface area contributed by atoms with E-state index in [4.69, 9.17) is 0 Å². The van der Waals surface area contributed by atoms with Crippen molar-refractivity contribution in [2.24, 2.45) is 0 Å². The first-order chi connectivity index (χ1) is 7.46. The summed E-state index contributed by atoms with van der Waals surface area (Å²) in [5, 5.41) is 2.71. The molecule has 1 N–H and O–H groups in total. The largest absolute Gasteiger partial charge is 0.354 e. The quantitative estimate of drug-likeness (QED) is 0.553. The van der Waals surface area contributed by atoms with E-state index >= 15 is 0 Å². The third kappa shape index (κ3) is 3.31. The monoisotopic (exact) mass is 246 g/mol. The lowest BCUT2D eigenvalue weighted by Crippen LogP contribution is -2.45. The first-order valence-electron chi connectivity index (χ1n) is 5.32. The molecule has 1 unspecified atom stereocenters. The molecule has 6 heteroatoms. The number of rotatable bonds is 5. The Hall–Kier alpha value is -0.880. The number of carbonyl (C=O) groups is 1. The van der Waals surface area contributed by atoms with E-state index in [0.717, 1.165) is 12.7 Å². The van der Waals surface area contributed by atoms with Crippen LogP contribution in [0.25, 0.3) is 0 Å². The van der Waals surface area contributed by atoms with Gasteiger partial charge in [0.25, 0.3) is 0 Å². The highest BCUT2D eigenvalue weighted by Gasteiger charge is 2.35. The molecule has 1 amide bonds. The van der Waals surface area contributed by atoms with Crippen molar-refractivity contribution in [3.63, 3.8) is 0 Å². The summed E-state index contributed by atoms with van der Waals surface area (Å²) in [5.41, 5.74) is 0.